The summed E-state index contributed by atoms with van der Waals surface area (Å²) >= 11 is 3.45. The van der Waals surface area contributed by atoms with Gasteiger partial charge in [-0.3, -0.25) is 4.79 Å². The Bertz CT molecular complexity index is 1340. The molecule has 0 spiro atoms. The molecule has 0 radical (unpaired) electrons. The number of aromatic nitrogens is 4. The molecule has 0 saturated heterocycles. The van der Waals surface area contributed by atoms with E-state index in [0.717, 1.165) is 21.2 Å². The molecule has 0 amide bonds. The number of para-hydroxylation sites is 2. The lowest BCUT2D eigenvalue weighted by Gasteiger charge is -2.09. The van der Waals surface area contributed by atoms with Crippen molar-refractivity contribution in [3.8, 4) is 17.1 Å². The van der Waals surface area contributed by atoms with E-state index in [1.165, 1.54) is 0 Å². The second kappa shape index (κ2) is 6.17. The number of hydrogen-bond donors (Lipinski definition) is 0. The highest BCUT2D eigenvalue weighted by Gasteiger charge is 2.16. The zero-order chi connectivity index (χ0) is 18.4. The van der Waals surface area contributed by atoms with Crippen LogP contribution in [0.1, 0.15) is 0 Å². The highest BCUT2D eigenvalue weighted by Crippen LogP contribution is 2.22. The van der Waals surface area contributed by atoms with Gasteiger partial charge < -0.3 is 0 Å². The van der Waals surface area contributed by atoms with Crippen LogP contribution in [0.2, 0.25) is 0 Å². The number of fused-ring (bicyclic) bond motifs is 3. The Morgan fingerprint density at radius 3 is 2.30 bits per heavy atom. The Kier molecular flexibility index (Phi) is 3.65. The molecule has 0 aliphatic heterocycles. The van der Waals surface area contributed by atoms with Gasteiger partial charge in [-0.2, -0.15) is 9.50 Å². The fourth-order valence-electron chi connectivity index (χ4n) is 3.19. The minimum absolute atomic E-state index is 0.112. The third kappa shape index (κ3) is 2.57. The van der Waals surface area contributed by atoms with Crippen molar-refractivity contribution in [3.05, 3.63) is 93.7 Å². The van der Waals surface area contributed by atoms with Crippen LogP contribution in [0.25, 0.3) is 33.8 Å². The number of halogens is 1. The molecule has 0 bridgehead atoms. The lowest BCUT2D eigenvalue weighted by molar-refractivity contribution is 0.919. The van der Waals surface area contributed by atoms with Gasteiger partial charge in [-0.05, 0) is 36.4 Å². The van der Waals surface area contributed by atoms with Crippen molar-refractivity contribution in [2.24, 2.45) is 0 Å². The molecule has 5 nitrogen and oxygen atoms in total. The summed E-state index contributed by atoms with van der Waals surface area (Å²) in [6.45, 7) is 0. The third-order valence-corrected chi connectivity index (χ3v) is 5.00. The number of rotatable bonds is 2. The first-order valence-corrected chi connectivity index (χ1v) is 9.23. The van der Waals surface area contributed by atoms with Crippen LogP contribution in [0, 0.1) is 0 Å². The van der Waals surface area contributed by atoms with E-state index in [-0.39, 0.29) is 5.56 Å². The first-order chi connectivity index (χ1) is 13.2. The van der Waals surface area contributed by atoms with Gasteiger partial charge in [0, 0.05) is 10.0 Å². The molecule has 130 valence electrons. The maximum absolute atomic E-state index is 13.2. The molecule has 0 fully saturated rings. The van der Waals surface area contributed by atoms with Gasteiger partial charge in [0.2, 0.25) is 5.78 Å². The number of nitrogens with zero attached hydrogens (tertiary/aromatic N) is 4. The van der Waals surface area contributed by atoms with Crippen LogP contribution in [0.5, 0.6) is 0 Å². The van der Waals surface area contributed by atoms with Gasteiger partial charge in [-0.25, -0.2) is 4.57 Å². The lowest BCUT2D eigenvalue weighted by Crippen LogP contribution is -2.21. The van der Waals surface area contributed by atoms with Crippen molar-refractivity contribution in [3.63, 3.8) is 0 Å². The Morgan fingerprint density at radius 2 is 1.52 bits per heavy atom. The molecule has 0 atom stereocenters. The molecule has 2 heterocycles. The minimum Gasteiger partial charge on any atom is -0.268 e. The van der Waals surface area contributed by atoms with Crippen LogP contribution in [0.4, 0.5) is 0 Å². The predicted molar refractivity (Wildman–Crippen MR) is 109 cm³/mol. The quantitative estimate of drug-likeness (QED) is 0.426. The van der Waals surface area contributed by atoms with E-state index in [0.29, 0.717) is 17.0 Å². The van der Waals surface area contributed by atoms with Crippen molar-refractivity contribution >= 4 is 32.6 Å². The van der Waals surface area contributed by atoms with E-state index in [9.17, 15) is 4.79 Å². The molecule has 5 aromatic rings. The van der Waals surface area contributed by atoms with Gasteiger partial charge >= 0.3 is 0 Å². The van der Waals surface area contributed by atoms with Gasteiger partial charge in [0.15, 0.2) is 5.82 Å². The van der Waals surface area contributed by atoms with Gasteiger partial charge in [0.25, 0.3) is 5.56 Å². The van der Waals surface area contributed by atoms with Crippen LogP contribution < -0.4 is 5.56 Å². The van der Waals surface area contributed by atoms with Crippen molar-refractivity contribution in [2.45, 2.75) is 0 Å². The second-order valence-electron chi connectivity index (χ2n) is 6.15. The molecule has 3 aromatic carbocycles. The highest BCUT2D eigenvalue weighted by atomic mass is 79.9. The molecule has 0 saturated carbocycles. The molecule has 27 heavy (non-hydrogen) atoms. The van der Waals surface area contributed by atoms with E-state index in [4.69, 9.17) is 10.1 Å². The van der Waals surface area contributed by atoms with Gasteiger partial charge in [0.05, 0.1) is 16.6 Å². The topological polar surface area (TPSA) is 52.2 Å². The van der Waals surface area contributed by atoms with Crippen LogP contribution >= 0.6 is 15.9 Å². The van der Waals surface area contributed by atoms with E-state index in [1.807, 2.05) is 78.9 Å². The van der Waals surface area contributed by atoms with Crippen LogP contribution in [0.15, 0.2) is 88.1 Å². The predicted octanol–water partition coefficient (Wildman–Crippen LogP) is 4.46. The Morgan fingerprint density at radius 1 is 0.815 bits per heavy atom. The Hall–Kier alpha value is -3.25. The van der Waals surface area contributed by atoms with Crippen LogP contribution in [0.3, 0.4) is 0 Å². The summed E-state index contributed by atoms with van der Waals surface area (Å²) in [5.74, 6) is 1.06. The Balaban J connectivity index is 1.91. The monoisotopic (exact) mass is 416 g/mol. The fraction of sp³-hybridized carbons (Fsp3) is 0. The summed E-state index contributed by atoms with van der Waals surface area (Å²) in [6, 6.07) is 24.8. The van der Waals surface area contributed by atoms with E-state index in [1.54, 1.807) is 9.08 Å². The van der Waals surface area contributed by atoms with E-state index in [2.05, 4.69) is 15.9 Å². The number of benzene rings is 3. The SMILES string of the molecule is O=c1c2ccccc2n2nc(-c3ccc(Br)cc3)nc2n1-c1ccccc1. The molecular formula is C21H13BrN4O. The number of hydrogen-bond acceptors (Lipinski definition) is 3. The fourth-order valence-corrected chi connectivity index (χ4v) is 3.46. The molecule has 5 rings (SSSR count). The van der Waals surface area contributed by atoms with Gasteiger partial charge in [-0.15, -0.1) is 5.10 Å². The molecule has 0 aliphatic carbocycles. The largest absolute Gasteiger partial charge is 0.268 e. The zero-order valence-electron chi connectivity index (χ0n) is 14.1. The molecule has 6 heteroatoms. The highest BCUT2D eigenvalue weighted by molar-refractivity contribution is 9.10. The van der Waals surface area contributed by atoms with Crippen molar-refractivity contribution in [1.29, 1.82) is 0 Å². The summed E-state index contributed by atoms with van der Waals surface area (Å²) in [7, 11) is 0. The summed E-state index contributed by atoms with van der Waals surface area (Å²) < 4.78 is 4.33. The normalized spacial score (nSPS) is 11.3. The summed E-state index contributed by atoms with van der Waals surface area (Å²) in [5.41, 5.74) is 2.27. The molecule has 2 aromatic heterocycles. The van der Waals surface area contributed by atoms with Crippen molar-refractivity contribution in [1.82, 2.24) is 19.2 Å². The zero-order valence-corrected chi connectivity index (χ0v) is 15.7. The maximum atomic E-state index is 13.2. The Labute approximate surface area is 162 Å². The third-order valence-electron chi connectivity index (χ3n) is 4.47. The minimum atomic E-state index is -0.112. The summed E-state index contributed by atoms with van der Waals surface area (Å²) in [4.78, 5) is 17.9. The average molecular weight is 417 g/mol. The molecule has 0 unspecified atom stereocenters. The standard InChI is InChI=1S/C21H13BrN4O/c22-15-12-10-14(11-13-15)19-23-21-25(16-6-2-1-3-7-16)20(27)17-8-4-5-9-18(17)26(21)24-19/h1-13H. The lowest BCUT2D eigenvalue weighted by atomic mass is 10.2. The van der Waals surface area contributed by atoms with E-state index >= 15 is 0 Å². The molecule has 0 N–H and O–H groups in total. The van der Waals surface area contributed by atoms with Crippen molar-refractivity contribution < 1.29 is 0 Å². The summed E-state index contributed by atoms with van der Waals surface area (Å²) in [5, 5.41) is 5.30. The first-order valence-electron chi connectivity index (χ1n) is 8.44. The van der Waals surface area contributed by atoms with Crippen LogP contribution in [-0.4, -0.2) is 19.2 Å². The van der Waals surface area contributed by atoms with Crippen molar-refractivity contribution in [2.75, 3.05) is 0 Å². The maximum Gasteiger partial charge on any atom is 0.267 e. The molecule has 0 aliphatic rings. The molecular weight excluding hydrogens is 404 g/mol. The summed E-state index contributed by atoms with van der Waals surface area (Å²) in [6.07, 6.45) is 0. The van der Waals surface area contributed by atoms with E-state index < -0.39 is 0 Å². The van der Waals surface area contributed by atoms with Crippen LogP contribution in [-0.2, 0) is 0 Å². The smallest absolute Gasteiger partial charge is 0.267 e. The van der Waals surface area contributed by atoms with Gasteiger partial charge in [0.1, 0.15) is 0 Å². The van der Waals surface area contributed by atoms with Gasteiger partial charge in [-0.1, -0.05) is 58.4 Å². The second-order valence-corrected chi connectivity index (χ2v) is 7.06. The first kappa shape index (κ1) is 16.0. The average Bonchev–Trinajstić information content (AvgIpc) is 3.15.